The molecule has 0 N–H and O–H groups in total. The van der Waals surface area contributed by atoms with Gasteiger partial charge in [-0.15, -0.1) is 0 Å². The molecule has 4 aromatic rings. The molecule has 1 saturated carbocycles. The van der Waals surface area contributed by atoms with Gasteiger partial charge in [-0.2, -0.15) is 9.78 Å². The van der Waals surface area contributed by atoms with Gasteiger partial charge in [0.15, 0.2) is 11.5 Å². The van der Waals surface area contributed by atoms with Crippen molar-refractivity contribution in [3.8, 4) is 17.4 Å². The van der Waals surface area contributed by atoms with Gasteiger partial charge in [0, 0.05) is 18.1 Å². The molecular formula is C27H25N5O5. The van der Waals surface area contributed by atoms with Crippen molar-refractivity contribution in [2.75, 3.05) is 7.11 Å². The van der Waals surface area contributed by atoms with Crippen LogP contribution in [0.25, 0.3) is 10.9 Å². The zero-order chi connectivity index (χ0) is 25.8. The molecule has 0 spiro atoms. The molecule has 0 atom stereocenters. The van der Waals surface area contributed by atoms with Crippen LogP contribution in [0, 0.1) is 10.1 Å². The Hall–Kier alpha value is -4.60. The molecule has 0 amide bonds. The Bertz CT molecular complexity index is 1520. The zero-order valence-electron chi connectivity index (χ0n) is 20.2. The van der Waals surface area contributed by atoms with E-state index in [4.69, 9.17) is 14.5 Å². The quantitative estimate of drug-likeness (QED) is 0.189. The Morgan fingerprint density at radius 3 is 2.62 bits per heavy atom. The normalized spacial score (nSPS) is 14.2. The lowest BCUT2D eigenvalue weighted by Gasteiger charge is -2.22. The van der Waals surface area contributed by atoms with E-state index in [1.54, 1.807) is 30.5 Å². The minimum absolute atomic E-state index is 0.128. The van der Waals surface area contributed by atoms with Crippen LogP contribution in [0.15, 0.2) is 70.7 Å². The first-order valence-electron chi connectivity index (χ1n) is 12.1. The highest BCUT2D eigenvalue weighted by atomic mass is 16.6. The Balaban J connectivity index is 1.46. The van der Waals surface area contributed by atoms with E-state index in [-0.39, 0.29) is 23.0 Å². The molecule has 10 heteroatoms. The molecule has 0 saturated heterocycles. The molecule has 0 unspecified atom stereocenters. The molecule has 37 heavy (non-hydrogen) atoms. The van der Waals surface area contributed by atoms with Gasteiger partial charge < -0.3 is 9.47 Å². The molecule has 2 aromatic carbocycles. The standard InChI is InChI=1S/C27H25N5O5/c1-36-24-15-18(11-13-23(24)37-25-14-12-20(17-28-25)32(34)35)16-29-31-26(19-7-3-2-4-8-19)30-22-10-6-5-9-21(22)27(31)33/h5-6,9-17,19H,2-4,7-8H2,1H3. The Morgan fingerprint density at radius 1 is 1.08 bits per heavy atom. The van der Waals surface area contributed by atoms with Gasteiger partial charge in [0.05, 0.1) is 29.2 Å². The molecule has 188 valence electrons. The number of hydrogen-bond donors (Lipinski definition) is 0. The third kappa shape index (κ3) is 5.18. The molecule has 1 aliphatic carbocycles. The van der Waals surface area contributed by atoms with Gasteiger partial charge in [-0.3, -0.25) is 14.9 Å². The summed E-state index contributed by atoms with van der Waals surface area (Å²) in [6.07, 6.45) is 8.11. The van der Waals surface area contributed by atoms with Crippen LogP contribution in [0.4, 0.5) is 5.69 Å². The van der Waals surface area contributed by atoms with Crippen molar-refractivity contribution in [1.29, 1.82) is 0 Å². The number of nitro groups is 1. The number of para-hydroxylation sites is 1. The first-order chi connectivity index (χ1) is 18.0. The van der Waals surface area contributed by atoms with Crippen molar-refractivity contribution in [2.45, 2.75) is 38.0 Å². The number of nitrogens with zero attached hydrogens (tertiary/aromatic N) is 5. The summed E-state index contributed by atoms with van der Waals surface area (Å²) < 4.78 is 12.6. The van der Waals surface area contributed by atoms with Crippen molar-refractivity contribution in [2.24, 2.45) is 5.10 Å². The summed E-state index contributed by atoms with van der Waals surface area (Å²) in [5.41, 5.74) is 1.05. The predicted molar refractivity (Wildman–Crippen MR) is 139 cm³/mol. The Kier molecular flexibility index (Phi) is 6.89. The molecular weight excluding hydrogens is 474 g/mol. The van der Waals surface area contributed by atoms with Crippen molar-refractivity contribution in [3.05, 3.63) is 92.7 Å². The molecule has 2 heterocycles. The highest BCUT2D eigenvalue weighted by molar-refractivity contribution is 5.81. The molecule has 5 rings (SSSR count). The largest absolute Gasteiger partial charge is 0.493 e. The number of benzene rings is 2. The second-order valence-electron chi connectivity index (χ2n) is 8.81. The van der Waals surface area contributed by atoms with E-state index in [0.29, 0.717) is 33.8 Å². The van der Waals surface area contributed by atoms with Crippen LogP contribution < -0.4 is 15.0 Å². The smallest absolute Gasteiger partial charge is 0.287 e. The Morgan fingerprint density at radius 2 is 1.89 bits per heavy atom. The highest BCUT2D eigenvalue weighted by Gasteiger charge is 2.22. The molecule has 1 aliphatic rings. The van der Waals surface area contributed by atoms with Crippen molar-refractivity contribution >= 4 is 22.8 Å². The van der Waals surface area contributed by atoms with E-state index in [9.17, 15) is 14.9 Å². The van der Waals surface area contributed by atoms with Crippen LogP contribution in [-0.4, -0.2) is 32.9 Å². The van der Waals surface area contributed by atoms with Gasteiger partial charge in [-0.1, -0.05) is 31.4 Å². The number of rotatable bonds is 7. The minimum Gasteiger partial charge on any atom is -0.493 e. The molecule has 0 aliphatic heterocycles. The van der Waals surface area contributed by atoms with Crippen LogP contribution in [0.1, 0.15) is 49.4 Å². The van der Waals surface area contributed by atoms with Crippen LogP contribution in [0.5, 0.6) is 17.4 Å². The number of aromatic nitrogens is 3. The average Bonchev–Trinajstić information content (AvgIpc) is 2.94. The first kappa shape index (κ1) is 24.1. The Labute approximate surface area is 212 Å². The van der Waals surface area contributed by atoms with Gasteiger partial charge in [0.1, 0.15) is 12.0 Å². The number of methoxy groups -OCH3 is 1. The third-order valence-corrected chi connectivity index (χ3v) is 6.41. The summed E-state index contributed by atoms with van der Waals surface area (Å²) in [6.45, 7) is 0. The zero-order valence-corrected chi connectivity index (χ0v) is 20.2. The van der Waals surface area contributed by atoms with Gasteiger partial charge in [0.25, 0.3) is 11.2 Å². The fourth-order valence-electron chi connectivity index (χ4n) is 4.50. The second kappa shape index (κ2) is 10.6. The summed E-state index contributed by atoms with van der Waals surface area (Å²) in [4.78, 5) is 32.5. The van der Waals surface area contributed by atoms with Crippen molar-refractivity contribution in [1.82, 2.24) is 14.6 Å². The third-order valence-electron chi connectivity index (χ3n) is 6.41. The fourth-order valence-corrected chi connectivity index (χ4v) is 4.50. The van der Waals surface area contributed by atoms with Crippen LogP contribution in [0.3, 0.4) is 0 Å². The molecule has 2 aromatic heterocycles. The summed E-state index contributed by atoms with van der Waals surface area (Å²) in [7, 11) is 1.51. The van der Waals surface area contributed by atoms with Gasteiger partial charge in [-0.25, -0.2) is 9.97 Å². The fraction of sp³-hybridized carbons (Fsp3) is 0.259. The van der Waals surface area contributed by atoms with E-state index < -0.39 is 4.92 Å². The van der Waals surface area contributed by atoms with Crippen molar-refractivity contribution < 1.29 is 14.4 Å². The molecule has 1 fully saturated rings. The summed E-state index contributed by atoms with van der Waals surface area (Å²) in [5.74, 6) is 1.86. The molecule has 0 bridgehead atoms. The lowest BCUT2D eigenvalue weighted by Crippen LogP contribution is -2.25. The maximum atomic E-state index is 13.4. The van der Waals surface area contributed by atoms with Crippen LogP contribution in [-0.2, 0) is 0 Å². The summed E-state index contributed by atoms with van der Waals surface area (Å²) in [6, 6.07) is 15.2. The monoisotopic (exact) mass is 499 g/mol. The second-order valence-corrected chi connectivity index (χ2v) is 8.81. The maximum absolute atomic E-state index is 13.4. The van der Waals surface area contributed by atoms with Crippen LogP contribution in [0.2, 0.25) is 0 Å². The predicted octanol–water partition coefficient (Wildman–Crippen LogP) is 5.43. The van der Waals surface area contributed by atoms with E-state index >= 15 is 0 Å². The van der Waals surface area contributed by atoms with E-state index in [1.807, 2.05) is 18.2 Å². The lowest BCUT2D eigenvalue weighted by atomic mass is 9.88. The number of hydrogen-bond acceptors (Lipinski definition) is 8. The summed E-state index contributed by atoms with van der Waals surface area (Å²) >= 11 is 0. The van der Waals surface area contributed by atoms with E-state index in [1.165, 1.54) is 30.3 Å². The van der Waals surface area contributed by atoms with E-state index in [2.05, 4.69) is 10.1 Å². The SMILES string of the molecule is COc1cc(C=Nn2c(C3CCCCC3)nc3ccccc3c2=O)ccc1Oc1ccc([N+](=O)[O-])cn1. The van der Waals surface area contributed by atoms with Crippen LogP contribution >= 0.6 is 0 Å². The lowest BCUT2D eigenvalue weighted by molar-refractivity contribution is -0.385. The van der Waals surface area contributed by atoms with Gasteiger partial charge in [0.2, 0.25) is 5.88 Å². The maximum Gasteiger partial charge on any atom is 0.287 e. The van der Waals surface area contributed by atoms with E-state index in [0.717, 1.165) is 31.9 Å². The topological polar surface area (TPSA) is 122 Å². The van der Waals surface area contributed by atoms with Gasteiger partial charge >= 0.3 is 0 Å². The van der Waals surface area contributed by atoms with Crippen molar-refractivity contribution in [3.63, 3.8) is 0 Å². The average molecular weight is 500 g/mol. The molecule has 10 nitrogen and oxygen atoms in total. The first-order valence-corrected chi connectivity index (χ1v) is 12.1. The van der Waals surface area contributed by atoms with Gasteiger partial charge in [-0.05, 0) is 48.7 Å². The number of pyridine rings is 1. The molecule has 0 radical (unpaired) electrons. The minimum atomic E-state index is -0.526. The number of fused-ring (bicyclic) bond motifs is 1. The number of ether oxygens (including phenoxy) is 2. The highest BCUT2D eigenvalue weighted by Crippen LogP contribution is 2.33. The summed E-state index contributed by atoms with van der Waals surface area (Å²) in [5, 5.41) is 15.9.